The van der Waals surface area contributed by atoms with Gasteiger partial charge in [-0.25, -0.2) is 9.59 Å². The molecule has 0 fully saturated rings. The van der Waals surface area contributed by atoms with E-state index in [1.165, 1.54) is 0 Å². The quantitative estimate of drug-likeness (QED) is 0.169. The van der Waals surface area contributed by atoms with Crippen LogP contribution in [0.15, 0.2) is 72.8 Å². The predicted molar refractivity (Wildman–Crippen MR) is 154 cm³/mol. The molecule has 11 heteroatoms. The molecule has 226 valence electrons. The van der Waals surface area contributed by atoms with Crippen LogP contribution >= 0.6 is 0 Å². The van der Waals surface area contributed by atoms with E-state index in [1.54, 1.807) is 12.2 Å². The van der Waals surface area contributed by atoms with Gasteiger partial charge in [-0.15, -0.1) is 0 Å². The van der Waals surface area contributed by atoms with Crippen LogP contribution in [0.3, 0.4) is 0 Å². The van der Waals surface area contributed by atoms with Gasteiger partial charge in [-0.1, -0.05) is 72.8 Å². The molecular formula is C31H39N3O8. The number of nitrogens with one attached hydrogen (secondary N) is 3. The third-order valence-electron chi connectivity index (χ3n) is 6.45. The van der Waals surface area contributed by atoms with Crippen molar-refractivity contribution in [3.8, 4) is 0 Å². The number of alkyl carbamates (subject to hydrolysis) is 1. The number of rotatable bonds is 12. The highest BCUT2D eigenvalue weighted by molar-refractivity contribution is 5.86. The lowest BCUT2D eigenvalue weighted by Gasteiger charge is -2.24. The second-order valence-electron chi connectivity index (χ2n) is 9.81. The van der Waals surface area contributed by atoms with Crippen molar-refractivity contribution in [2.75, 3.05) is 33.0 Å². The SMILES string of the molecule is O=C(C[C@H]1CC=CC[C@@H](NC(=O)OCc2ccccc2)C(=O)OC[C@@H](Cc2ccccc2)NC1=O)NCCOCCO. The number of aliphatic hydroxyl groups is 1. The lowest BCUT2D eigenvalue weighted by Crippen LogP contribution is -2.47. The van der Waals surface area contributed by atoms with Crippen LogP contribution in [0, 0.1) is 5.92 Å². The predicted octanol–water partition coefficient (Wildman–Crippen LogP) is 2.03. The Morgan fingerprint density at radius 3 is 2.36 bits per heavy atom. The number of esters is 1. The van der Waals surface area contributed by atoms with Gasteiger partial charge in [0, 0.05) is 13.0 Å². The highest BCUT2D eigenvalue weighted by Crippen LogP contribution is 2.14. The van der Waals surface area contributed by atoms with E-state index in [0.29, 0.717) is 6.42 Å². The molecule has 1 aliphatic heterocycles. The van der Waals surface area contributed by atoms with Gasteiger partial charge in [0.05, 0.1) is 31.8 Å². The Labute approximate surface area is 245 Å². The smallest absolute Gasteiger partial charge is 0.408 e. The summed E-state index contributed by atoms with van der Waals surface area (Å²) in [4.78, 5) is 51.3. The molecule has 0 unspecified atom stereocenters. The van der Waals surface area contributed by atoms with Gasteiger partial charge >= 0.3 is 12.1 Å². The van der Waals surface area contributed by atoms with Crippen LogP contribution < -0.4 is 16.0 Å². The lowest BCUT2D eigenvalue weighted by molar-refractivity contribution is -0.147. The number of ether oxygens (including phenoxy) is 3. The highest BCUT2D eigenvalue weighted by Gasteiger charge is 2.27. The maximum Gasteiger partial charge on any atom is 0.408 e. The van der Waals surface area contributed by atoms with Crippen LogP contribution in [0.1, 0.15) is 30.4 Å². The minimum absolute atomic E-state index is 0.0484. The fourth-order valence-electron chi connectivity index (χ4n) is 4.27. The molecule has 0 spiro atoms. The topological polar surface area (TPSA) is 152 Å². The van der Waals surface area contributed by atoms with Crippen molar-refractivity contribution >= 4 is 23.9 Å². The zero-order valence-electron chi connectivity index (χ0n) is 23.5. The normalized spacial score (nSPS) is 19.4. The van der Waals surface area contributed by atoms with E-state index in [9.17, 15) is 19.2 Å². The third-order valence-corrected chi connectivity index (χ3v) is 6.45. The molecule has 0 aromatic heterocycles. The molecule has 1 aliphatic rings. The van der Waals surface area contributed by atoms with Crippen LogP contribution in [0.5, 0.6) is 0 Å². The monoisotopic (exact) mass is 581 g/mol. The zero-order valence-corrected chi connectivity index (χ0v) is 23.5. The Morgan fingerprint density at radius 1 is 0.952 bits per heavy atom. The Bertz CT molecular complexity index is 1160. The standard InChI is InChI=1S/C31H39N3O8/c35-16-18-40-17-15-32-28(36)20-25-13-7-8-14-27(34-31(39)42-21-24-11-5-2-6-12-24)30(38)41-22-26(33-29(25)37)19-23-9-3-1-4-10-23/h1-12,25-27,35H,13-22H2,(H,32,36)(H,33,37)(H,34,39)/t25-,26-,27-/m1/s1. The summed E-state index contributed by atoms with van der Waals surface area (Å²) in [6, 6.07) is 17.1. The summed E-state index contributed by atoms with van der Waals surface area (Å²) < 4.78 is 16.0. The number of carbonyl (C=O) groups is 4. The van der Waals surface area contributed by atoms with Gasteiger partial charge in [0.2, 0.25) is 11.8 Å². The lowest BCUT2D eigenvalue weighted by atomic mass is 9.97. The maximum absolute atomic E-state index is 13.3. The van der Waals surface area contributed by atoms with E-state index in [1.807, 2.05) is 60.7 Å². The number of hydrogen-bond acceptors (Lipinski definition) is 8. The van der Waals surface area contributed by atoms with Crippen molar-refractivity contribution in [3.63, 3.8) is 0 Å². The first-order valence-electron chi connectivity index (χ1n) is 14.0. The van der Waals surface area contributed by atoms with Crippen molar-refractivity contribution in [3.05, 3.63) is 83.9 Å². The average Bonchev–Trinajstić information content (AvgIpc) is 3.00. The molecule has 11 nitrogen and oxygen atoms in total. The average molecular weight is 582 g/mol. The van der Waals surface area contributed by atoms with Gasteiger partial charge < -0.3 is 35.3 Å². The second-order valence-corrected chi connectivity index (χ2v) is 9.81. The van der Waals surface area contributed by atoms with Gasteiger partial charge in [-0.2, -0.15) is 0 Å². The molecule has 2 aromatic carbocycles. The number of aliphatic hydroxyl groups excluding tert-OH is 1. The Balaban J connectivity index is 1.67. The number of carbonyl (C=O) groups excluding carboxylic acids is 4. The van der Waals surface area contributed by atoms with Gasteiger partial charge in [-0.05, 0) is 30.4 Å². The summed E-state index contributed by atoms with van der Waals surface area (Å²) >= 11 is 0. The largest absolute Gasteiger partial charge is 0.462 e. The summed E-state index contributed by atoms with van der Waals surface area (Å²) in [5.41, 5.74) is 1.74. The molecule has 3 atom stereocenters. The van der Waals surface area contributed by atoms with Gasteiger partial charge in [0.25, 0.3) is 0 Å². The first kappa shape index (κ1) is 32.3. The second kappa shape index (κ2) is 18.3. The summed E-state index contributed by atoms with van der Waals surface area (Å²) in [5.74, 6) is -1.96. The van der Waals surface area contributed by atoms with Crippen LogP contribution in [0.4, 0.5) is 4.79 Å². The summed E-state index contributed by atoms with van der Waals surface area (Å²) in [6.07, 6.45) is 3.34. The molecular weight excluding hydrogens is 542 g/mol. The van der Waals surface area contributed by atoms with Crippen molar-refractivity contribution in [1.82, 2.24) is 16.0 Å². The fraction of sp³-hybridized carbons (Fsp3) is 0.419. The van der Waals surface area contributed by atoms with Crippen LogP contribution in [-0.2, 0) is 41.6 Å². The van der Waals surface area contributed by atoms with Crippen molar-refractivity contribution in [1.29, 1.82) is 0 Å². The van der Waals surface area contributed by atoms with Crippen molar-refractivity contribution < 1.29 is 38.5 Å². The third kappa shape index (κ3) is 12.1. The Hall–Kier alpha value is -4.22. The van der Waals surface area contributed by atoms with Crippen LogP contribution in [-0.4, -0.2) is 74.0 Å². The molecule has 3 rings (SSSR count). The number of benzene rings is 2. The number of allylic oxidation sites excluding steroid dienone is 1. The molecule has 0 aliphatic carbocycles. The molecule has 0 saturated heterocycles. The molecule has 1 heterocycles. The molecule has 3 amide bonds. The number of hydrogen-bond donors (Lipinski definition) is 4. The van der Waals surface area contributed by atoms with E-state index in [2.05, 4.69) is 16.0 Å². The zero-order chi connectivity index (χ0) is 30.0. The summed E-state index contributed by atoms with van der Waals surface area (Å²) in [6.45, 7) is 0.500. The van der Waals surface area contributed by atoms with E-state index < -0.39 is 30.1 Å². The summed E-state index contributed by atoms with van der Waals surface area (Å²) in [7, 11) is 0. The van der Waals surface area contributed by atoms with Gasteiger partial charge in [0.15, 0.2) is 0 Å². The van der Waals surface area contributed by atoms with Crippen LogP contribution in [0.25, 0.3) is 0 Å². The Morgan fingerprint density at radius 2 is 1.64 bits per heavy atom. The molecule has 0 bridgehead atoms. The molecule has 4 N–H and O–H groups in total. The van der Waals surface area contributed by atoms with Crippen molar-refractivity contribution in [2.45, 2.75) is 44.4 Å². The van der Waals surface area contributed by atoms with E-state index in [0.717, 1.165) is 11.1 Å². The van der Waals surface area contributed by atoms with E-state index >= 15 is 0 Å². The first-order valence-corrected chi connectivity index (χ1v) is 14.0. The van der Waals surface area contributed by atoms with Gasteiger partial charge in [0.1, 0.15) is 19.3 Å². The maximum atomic E-state index is 13.3. The summed E-state index contributed by atoms with van der Waals surface area (Å²) in [5, 5.41) is 17.0. The first-order chi connectivity index (χ1) is 20.4. The minimum Gasteiger partial charge on any atom is -0.462 e. The van der Waals surface area contributed by atoms with Crippen LogP contribution in [0.2, 0.25) is 0 Å². The molecule has 0 radical (unpaired) electrons. The Kier molecular flexibility index (Phi) is 14.0. The molecule has 2 aromatic rings. The number of amides is 3. The van der Waals surface area contributed by atoms with E-state index in [4.69, 9.17) is 19.3 Å². The fourth-order valence-corrected chi connectivity index (χ4v) is 4.27. The van der Waals surface area contributed by atoms with Crippen molar-refractivity contribution in [2.24, 2.45) is 5.92 Å². The molecule has 0 saturated carbocycles. The minimum atomic E-state index is -1.00. The highest BCUT2D eigenvalue weighted by atomic mass is 16.6. The van der Waals surface area contributed by atoms with Gasteiger partial charge in [-0.3, -0.25) is 9.59 Å². The molecule has 42 heavy (non-hydrogen) atoms. The van der Waals surface area contributed by atoms with E-state index in [-0.39, 0.29) is 70.7 Å². The number of cyclic esters (lactones) is 1.